The van der Waals surface area contributed by atoms with E-state index in [1.165, 1.54) is 20.3 Å². The van der Waals surface area contributed by atoms with Gasteiger partial charge < -0.3 is 19.9 Å². The van der Waals surface area contributed by atoms with Crippen LogP contribution in [0.25, 0.3) is 0 Å². The number of ether oxygens (including phenoxy) is 2. The fraction of sp³-hybridized carbons (Fsp3) is 0.333. The highest BCUT2D eigenvalue weighted by Crippen LogP contribution is 2.37. The summed E-state index contributed by atoms with van der Waals surface area (Å²) in [5.74, 6) is -1.43. The van der Waals surface area contributed by atoms with E-state index < -0.39 is 16.8 Å². The molecule has 0 bridgehead atoms. The zero-order chi connectivity index (χ0) is 16.0. The van der Waals surface area contributed by atoms with Crippen molar-refractivity contribution in [2.75, 3.05) is 19.5 Å². The highest BCUT2D eigenvalue weighted by atomic mass is 16.6. The predicted octanol–water partition coefficient (Wildman–Crippen LogP) is 1.42. The van der Waals surface area contributed by atoms with Crippen LogP contribution in [0, 0.1) is 10.1 Å². The number of carboxylic acids is 1. The minimum Gasteiger partial charge on any atom is -0.493 e. The topological polar surface area (TPSA) is 128 Å². The average Bonchev–Trinajstić information content (AvgIpc) is 2.44. The zero-order valence-electron chi connectivity index (χ0n) is 11.4. The van der Waals surface area contributed by atoms with Gasteiger partial charge >= 0.3 is 5.97 Å². The van der Waals surface area contributed by atoms with Crippen molar-refractivity contribution in [3.05, 3.63) is 22.2 Å². The second-order valence-corrected chi connectivity index (χ2v) is 3.92. The van der Waals surface area contributed by atoms with Crippen LogP contribution in [-0.4, -0.2) is 36.1 Å². The van der Waals surface area contributed by atoms with Crippen LogP contribution in [-0.2, 0) is 9.59 Å². The molecule has 0 radical (unpaired) electrons. The molecular weight excluding hydrogens is 284 g/mol. The fourth-order valence-corrected chi connectivity index (χ4v) is 1.55. The first kappa shape index (κ1) is 16.2. The number of carbonyl (C=O) groups is 2. The first-order valence-corrected chi connectivity index (χ1v) is 5.81. The molecule has 0 heterocycles. The number of benzene rings is 1. The Morgan fingerprint density at radius 1 is 1.24 bits per heavy atom. The summed E-state index contributed by atoms with van der Waals surface area (Å²) in [4.78, 5) is 32.3. The summed E-state index contributed by atoms with van der Waals surface area (Å²) in [5.41, 5.74) is -0.468. The van der Waals surface area contributed by atoms with Crippen LogP contribution in [0.4, 0.5) is 11.4 Å². The van der Waals surface area contributed by atoms with Gasteiger partial charge in [0.15, 0.2) is 11.5 Å². The summed E-state index contributed by atoms with van der Waals surface area (Å²) in [7, 11) is 2.67. The van der Waals surface area contributed by atoms with Gasteiger partial charge in [-0.2, -0.15) is 0 Å². The number of aliphatic carboxylic acids is 1. The molecule has 9 nitrogen and oxygen atoms in total. The molecule has 2 N–H and O–H groups in total. The van der Waals surface area contributed by atoms with Crippen LogP contribution in [0.15, 0.2) is 12.1 Å². The number of amides is 1. The first-order valence-electron chi connectivity index (χ1n) is 5.81. The number of methoxy groups -OCH3 is 2. The van der Waals surface area contributed by atoms with E-state index in [4.69, 9.17) is 14.6 Å². The van der Waals surface area contributed by atoms with Crippen LogP contribution in [0.2, 0.25) is 0 Å². The number of hydrogen-bond acceptors (Lipinski definition) is 6. The van der Waals surface area contributed by atoms with Crippen LogP contribution in [0.5, 0.6) is 11.5 Å². The Bertz CT molecular complexity index is 571. The van der Waals surface area contributed by atoms with E-state index in [1.807, 2.05) is 0 Å². The maximum absolute atomic E-state index is 11.6. The standard InChI is InChI=1S/C12H14N2O7/c1-20-9-5-7(13-11(15)3-4-12(16)17)8(14(18)19)6-10(9)21-2/h5-6H,3-4H2,1-2H3,(H,13,15)(H,16,17). The van der Waals surface area contributed by atoms with Crippen LogP contribution < -0.4 is 14.8 Å². The molecule has 21 heavy (non-hydrogen) atoms. The quantitative estimate of drug-likeness (QED) is 0.575. The number of carboxylic acid groups (broad SMARTS) is 1. The number of nitro benzene ring substituents is 1. The van der Waals surface area contributed by atoms with Gasteiger partial charge in [-0.05, 0) is 0 Å². The SMILES string of the molecule is COc1cc(NC(=O)CCC(=O)O)c([N+](=O)[O-])cc1OC. The summed E-state index contributed by atoms with van der Waals surface area (Å²) in [6.07, 6.45) is -0.659. The monoisotopic (exact) mass is 298 g/mol. The second kappa shape index (κ2) is 7.08. The molecule has 0 fully saturated rings. The minimum absolute atomic E-state index is 0.0898. The van der Waals surface area contributed by atoms with Crippen molar-refractivity contribution in [2.45, 2.75) is 12.8 Å². The van der Waals surface area contributed by atoms with E-state index in [2.05, 4.69) is 5.32 Å². The molecule has 0 aliphatic heterocycles. The van der Waals surface area contributed by atoms with E-state index in [-0.39, 0.29) is 35.7 Å². The van der Waals surface area contributed by atoms with Crippen molar-refractivity contribution in [3.63, 3.8) is 0 Å². The molecule has 0 aromatic heterocycles. The highest BCUT2D eigenvalue weighted by Gasteiger charge is 2.21. The molecule has 1 aromatic carbocycles. The van der Waals surface area contributed by atoms with E-state index in [1.54, 1.807) is 0 Å². The lowest BCUT2D eigenvalue weighted by molar-refractivity contribution is -0.384. The molecule has 0 spiro atoms. The Labute approximate surface area is 119 Å². The van der Waals surface area contributed by atoms with Crippen molar-refractivity contribution in [1.29, 1.82) is 0 Å². The molecule has 0 aliphatic carbocycles. The minimum atomic E-state index is -1.13. The number of rotatable bonds is 7. The maximum Gasteiger partial charge on any atom is 0.303 e. The average molecular weight is 298 g/mol. The summed E-state index contributed by atoms with van der Waals surface area (Å²) >= 11 is 0. The fourth-order valence-electron chi connectivity index (χ4n) is 1.55. The van der Waals surface area contributed by atoms with Crippen molar-refractivity contribution in [3.8, 4) is 11.5 Å². The number of carbonyl (C=O) groups excluding carboxylic acids is 1. The highest BCUT2D eigenvalue weighted by molar-refractivity contribution is 5.95. The Balaban J connectivity index is 3.06. The third-order valence-corrected chi connectivity index (χ3v) is 2.54. The largest absolute Gasteiger partial charge is 0.493 e. The van der Waals surface area contributed by atoms with Crippen molar-refractivity contribution in [1.82, 2.24) is 0 Å². The summed E-state index contributed by atoms with van der Waals surface area (Å²) < 4.78 is 9.94. The van der Waals surface area contributed by atoms with Gasteiger partial charge in [0.1, 0.15) is 5.69 Å². The smallest absolute Gasteiger partial charge is 0.303 e. The molecule has 9 heteroatoms. The molecule has 0 atom stereocenters. The normalized spacial score (nSPS) is 9.81. The first-order chi connectivity index (χ1) is 9.88. The van der Waals surface area contributed by atoms with Crippen molar-refractivity contribution >= 4 is 23.3 Å². The van der Waals surface area contributed by atoms with Gasteiger partial charge in [-0.1, -0.05) is 0 Å². The van der Waals surface area contributed by atoms with Gasteiger partial charge in [-0.15, -0.1) is 0 Å². The third kappa shape index (κ3) is 4.34. The van der Waals surface area contributed by atoms with Crippen LogP contribution in [0.3, 0.4) is 0 Å². The van der Waals surface area contributed by atoms with Crippen molar-refractivity contribution in [2.24, 2.45) is 0 Å². The third-order valence-electron chi connectivity index (χ3n) is 2.54. The Morgan fingerprint density at radius 3 is 2.29 bits per heavy atom. The summed E-state index contributed by atoms with van der Waals surface area (Å²) in [5, 5.41) is 21.8. The van der Waals surface area contributed by atoms with Gasteiger partial charge in [-0.25, -0.2) is 0 Å². The number of nitrogens with one attached hydrogen (secondary N) is 1. The lowest BCUT2D eigenvalue weighted by Gasteiger charge is -2.11. The molecule has 0 saturated heterocycles. The lowest BCUT2D eigenvalue weighted by atomic mass is 10.2. The Kier molecular flexibility index (Phi) is 5.47. The Morgan fingerprint density at radius 2 is 1.81 bits per heavy atom. The van der Waals surface area contributed by atoms with E-state index in [0.717, 1.165) is 6.07 Å². The molecule has 114 valence electrons. The van der Waals surface area contributed by atoms with E-state index in [9.17, 15) is 19.7 Å². The van der Waals surface area contributed by atoms with Crippen LogP contribution >= 0.6 is 0 Å². The lowest BCUT2D eigenvalue weighted by Crippen LogP contribution is -2.14. The van der Waals surface area contributed by atoms with Gasteiger partial charge in [0, 0.05) is 12.5 Å². The molecule has 1 amide bonds. The van der Waals surface area contributed by atoms with Crippen LogP contribution in [0.1, 0.15) is 12.8 Å². The van der Waals surface area contributed by atoms with Gasteiger partial charge in [0.2, 0.25) is 5.91 Å². The summed E-state index contributed by atoms with van der Waals surface area (Å²) in [6, 6.07) is 2.36. The van der Waals surface area contributed by atoms with Crippen molar-refractivity contribution < 1.29 is 29.1 Å². The van der Waals surface area contributed by atoms with Gasteiger partial charge in [0.25, 0.3) is 5.69 Å². The molecule has 0 aliphatic rings. The molecule has 1 rings (SSSR count). The number of anilines is 1. The Hall–Kier alpha value is -2.84. The number of nitro groups is 1. The summed E-state index contributed by atoms with van der Waals surface area (Å²) in [6.45, 7) is 0. The van der Waals surface area contributed by atoms with E-state index in [0.29, 0.717) is 0 Å². The van der Waals surface area contributed by atoms with Gasteiger partial charge in [0.05, 0.1) is 31.6 Å². The maximum atomic E-state index is 11.6. The second-order valence-electron chi connectivity index (χ2n) is 3.92. The number of hydrogen-bond donors (Lipinski definition) is 2. The predicted molar refractivity (Wildman–Crippen MR) is 71.7 cm³/mol. The molecular formula is C12H14N2O7. The molecule has 1 aromatic rings. The van der Waals surface area contributed by atoms with Gasteiger partial charge in [-0.3, -0.25) is 19.7 Å². The van der Waals surface area contributed by atoms with E-state index >= 15 is 0 Å². The zero-order valence-corrected chi connectivity index (χ0v) is 11.4. The number of nitrogens with zero attached hydrogens (tertiary/aromatic N) is 1. The molecule has 0 unspecified atom stereocenters. The molecule has 0 saturated carbocycles.